The molecule has 0 unspecified atom stereocenters. The molecule has 3 aromatic carbocycles. The summed E-state index contributed by atoms with van der Waals surface area (Å²) < 4.78 is 4.89. The number of aromatic nitrogens is 2. The zero-order valence-electron chi connectivity index (χ0n) is 20.6. The summed E-state index contributed by atoms with van der Waals surface area (Å²) in [4.78, 5) is 0. The molecule has 0 radical (unpaired) electrons. The van der Waals surface area contributed by atoms with Crippen molar-refractivity contribution in [3.05, 3.63) is 95.6 Å². The lowest BCUT2D eigenvalue weighted by Crippen LogP contribution is -2.32. The Morgan fingerprint density at radius 1 is 0.697 bits per heavy atom. The van der Waals surface area contributed by atoms with Gasteiger partial charge in [0.2, 0.25) is 11.2 Å². The van der Waals surface area contributed by atoms with Crippen LogP contribution in [-0.2, 0) is 7.05 Å². The number of pyridine rings is 1. The minimum Gasteiger partial charge on any atom is -0.303 e. The Morgan fingerprint density at radius 3 is 2.03 bits per heavy atom. The van der Waals surface area contributed by atoms with Gasteiger partial charge in [-0.2, -0.15) is 4.57 Å². The van der Waals surface area contributed by atoms with Crippen molar-refractivity contribution >= 4 is 21.8 Å². The smallest absolute Gasteiger partial charge is 0.230 e. The van der Waals surface area contributed by atoms with Crippen LogP contribution in [0.25, 0.3) is 38.9 Å². The third-order valence-corrected chi connectivity index (χ3v) is 7.02. The molecule has 2 nitrogen and oxygen atoms in total. The molecule has 0 saturated carbocycles. The largest absolute Gasteiger partial charge is 0.303 e. The van der Waals surface area contributed by atoms with Gasteiger partial charge in [0.05, 0.1) is 11.2 Å². The monoisotopic (exact) mass is 433 g/mol. The minimum absolute atomic E-state index is 0.429. The van der Waals surface area contributed by atoms with Gasteiger partial charge in [-0.3, -0.25) is 0 Å². The zero-order chi connectivity index (χ0) is 23.3. The molecule has 166 valence electrons. The highest BCUT2D eigenvalue weighted by molar-refractivity contribution is 5.93. The van der Waals surface area contributed by atoms with Crippen molar-refractivity contribution in [2.45, 2.75) is 46.5 Å². The summed E-state index contributed by atoms with van der Waals surface area (Å²) in [5.41, 5.74) is 10.5. The van der Waals surface area contributed by atoms with Crippen LogP contribution in [0.4, 0.5) is 0 Å². The van der Waals surface area contributed by atoms with Gasteiger partial charge < -0.3 is 4.57 Å². The average molecular weight is 434 g/mol. The zero-order valence-corrected chi connectivity index (χ0v) is 20.6. The van der Waals surface area contributed by atoms with Gasteiger partial charge in [0.15, 0.2) is 0 Å². The number of fused-ring (bicyclic) bond motifs is 2. The van der Waals surface area contributed by atoms with E-state index in [0.29, 0.717) is 11.8 Å². The number of para-hydroxylation sites is 3. The van der Waals surface area contributed by atoms with E-state index in [0.717, 1.165) is 0 Å². The molecule has 33 heavy (non-hydrogen) atoms. The second-order valence-corrected chi connectivity index (χ2v) is 9.76. The van der Waals surface area contributed by atoms with Crippen molar-refractivity contribution in [1.82, 2.24) is 4.57 Å². The van der Waals surface area contributed by atoms with E-state index in [1.807, 2.05) is 0 Å². The summed E-state index contributed by atoms with van der Waals surface area (Å²) in [7, 11) is 2.19. The molecule has 2 aromatic heterocycles. The van der Waals surface area contributed by atoms with Gasteiger partial charge in [-0.15, -0.1) is 0 Å². The molecule has 5 aromatic rings. The maximum atomic E-state index is 2.54. The topological polar surface area (TPSA) is 8.81 Å². The fraction of sp³-hybridized carbons (Fsp3) is 0.258. The Bertz CT molecular complexity index is 1460. The first-order valence-corrected chi connectivity index (χ1v) is 12.0. The Hall–Kier alpha value is -3.39. The van der Waals surface area contributed by atoms with E-state index in [-0.39, 0.29) is 0 Å². The Labute approximate surface area is 197 Å². The summed E-state index contributed by atoms with van der Waals surface area (Å²) in [6, 6.07) is 28.9. The second-order valence-electron chi connectivity index (χ2n) is 9.76. The first kappa shape index (κ1) is 21.5. The van der Waals surface area contributed by atoms with Crippen molar-refractivity contribution in [2.75, 3.05) is 0 Å². The Kier molecular flexibility index (Phi) is 5.32. The number of benzene rings is 3. The molecule has 0 spiro atoms. The fourth-order valence-corrected chi connectivity index (χ4v) is 5.29. The highest BCUT2D eigenvalue weighted by Gasteiger charge is 2.27. The van der Waals surface area contributed by atoms with Gasteiger partial charge in [0, 0.05) is 22.9 Å². The summed E-state index contributed by atoms with van der Waals surface area (Å²) in [6.45, 7) is 11.5. The maximum Gasteiger partial charge on any atom is 0.230 e. The summed E-state index contributed by atoms with van der Waals surface area (Å²) in [6.07, 6.45) is 0. The number of nitrogens with zero attached hydrogens (tertiary/aromatic N) is 2. The van der Waals surface area contributed by atoms with E-state index >= 15 is 0 Å². The van der Waals surface area contributed by atoms with Crippen LogP contribution in [0.15, 0.2) is 78.9 Å². The molecular formula is C31H33N2+. The SMILES string of the molecule is Cc1c(-c2ccc3ccccc3[n+]2C)n(-c2c(C(C)C)cccc2C(C)C)c2ccccc12. The molecule has 0 aliphatic rings. The molecule has 0 saturated heterocycles. The quantitative estimate of drug-likeness (QED) is 0.255. The summed E-state index contributed by atoms with van der Waals surface area (Å²) in [5, 5.41) is 2.57. The van der Waals surface area contributed by atoms with Gasteiger partial charge in [-0.05, 0) is 53.6 Å². The molecule has 0 atom stereocenters. The molecular weight excluding hydrogens is 400 g/mol. The van der Waals surface area contributed by atoms with Gasteiger partial charge in [-0.1, -0.05) is 76.2 Å². The van der Waals surface area contributed by atoms with Crippen molar-refractivity contribution < 1.29 is 4.57 Å². The van der Waals surface area contributed by atoms with Crippen LogP contribution >= 0.6 is 0 Å². The van der Waals surface area contributed by atoms with Crippen LogP contribution < -0.4 is 4.57 Å². The molecule has 0 fully saturated rings. The van der Waals surface area contributed by atoms with E-state index in [1.165, 1.54) is 55.6 Å². The van der Waals surface area contributed by atoms with Crippen molar-refractivity contribution in [1.29, 1.82) is 0 Å². The standard InChI is InChI=1S/C31H33N2/c1-20(2)24-14-11-15-25(21(3)4)31(24)33-28-17-10-8-13-26(28)22(5)30(33)29-19-18-23-12-7-9-16-27(23)32(29)6/h7-21H,1-6H3/q+1. The lowest BCUT2D eigenvalue weighted by Gasteiger charge is -2.23. The van der Waals surface area contributed by atoms with Crippen LogP contribution in [0.1, 0.15) is 56.2 Å². The van der Waals surface area contributed by atoms with E-state index in [9.17, 15) is 0 Å². The third-order valence-electron chi connectivity index (χ3n) is 7.02. The number of rotatable bonds is 4. The van der Waals surface area contributed by atoms with Gasteiger partial charge in [-0.25, -0.2) is 0 Å². The molecule has 2 heterocycles. The Balaban J connectivity index is 1.97. The number of hydrogen-bond donors (Lipinski definition) is 0. The summed E-state index contributed by atoms with van der Waals surface area (Å²) >= 11 is 0. The average Bonchev–Trinajstić information content (AvgIpc) is 3.11. The predicted octanol–water partition coefficient (Wildman–Crippen LogP) is 7.83. The summed E-state index contributed by atoms with van der Waals surface area (Å²) in [5.74, 6) is 0.858. The number of aryl methyl sites for hydroxylation is 2. The highest BCUT2D eigenvalue weighted by atomic mass is 15.0. The molecule has 2 heteroatoms. The first-order valence-electron chi connectivity index (χ1n) is 12.0. The molecule has 0 N–H and O–H groups in total. The van der Waals surface area contributed by atoms with Crippen LogP contribution in [0.2, 0.25) is 0 Å². The van der Waals surface area contributed by atoms with E-state index in [1.54, 1.807) is 0 Å². The predicted molar refractivity (Wildman–Crippen MR) is 140 cm³/mol. The van der Waals surface area contributed by atoms with Crippen molar-refractivity contribution in [3.63, 3.8) is 0 Å². The van der Waals surface area contributed by atoms with Crippen LogP contribution in [-0.4, -0.2) is 4.57 Å². The van der Waals surface area contributed by atoms with E-state index in [4.69, 9.17) is 0 Å². The van der Waals surface area contributed by atoms with E-state index in [2.05, 4.69) is 130 Å². The second kappa shape index (κ2) is 8.19. The van der Waals surface area contributed by atoms with Crippen LogP contribution in [0, 0.1) is 6.92 Å². The molecule has 0 bridgehead atoms. The maximum absolute atomic E-state index is 2.54. The molecule has 0 aliphatic heterocycles. The van der Waals surface area contributed by atoms with Gasteiger partial charge in [0.25, 0.3) is 0 Å². The van der Waals surface area contributed by atoms with Crippen LogP contribution in [0.3, 0.4) is 0 Å². The lowest BCUT2D eigenvalue weighted by molar-refractivity contribution is -0.633. The fourth-order valence-electron chi connectivity index (χ4n) is 5.29. The first-order chi connectivity index (χ1) is 15.9. The molecule has 0 amide bonds. The van der Waals surface area contributed by atoms with Crippen LogP contribution in [0.5, 0.6) is 0 Å². The normalized spacial score (nSPS) is 11.9. The van der Waals surface area contributed by atoms with Crippen molar-refractivity contribution in [2.24, 2.45) is 7.05 Å². The minimum atomic E-state index is 0.429. The number of hydrogen-bond acceptors (Lipinski definition) is 0. The van der Waals surface area contributed by atoms with Gasteiger partial charge in [0.1, 0.15) is 12.7 Å². The highest BCUT2D eigenvalue weighted by Crippen LogP contribution is 2.40. The molecule has 5 rings (SSSR count). The third kappa shape index (κ3) is 3.36. The molecule has 0 aliphatic carbocycles. The van der Waals surface area contributed by atoms with E-state index < -0.39 is 0 Å². The van der Waals surface area contributed by atoms with Crippen molar-refractivity contribution in [3.8, 4) is 17.1 Å². The lowest BCUT2D eigenvalue weighted by atomic mass is 9.92. The van der Waals surface area contributed by atoms with Gasteiger partial charge >= 0.3 is 0 Å². The Morgan fingerprint density at radius 2 is 1.33 bits per heavy atom.